The number of amides is 3. The lowest BCUT2D eigenvalue weighted by atomic mass is 10.1. The molecule has 0 aliphatic carbocycles. The number of nitrogens with one attached hydrogen (secondary N) is 3. The molecule has 0 saturated heterocycles. The van der Waals surface area contributed by atoms with Crippen molar-refractivity contribution in [3.63, 3.8) is 0 Å². The molecule has 0 aliphatic heterocycles. The number of rotatable bonds is 14. The molecule has 0 aliphatic rings. The van der Waals surface area contributed by atoms with Gasteiger partial charge in [-0.3, -0.25) is 24.0 Å². The van der Waals surface area contributed by atoms with Gasteiger partial charge in [-0.15, -0.1) is 0 Å². The number of aliphatic hydroxyl groups is 2. The van der Waals surface area contributed by atoms with Gasteiger partial charge in [-0.05, 0) is 20.3 Å². The van der Waals surface area contributed by atoms with E-state index in [0.29, 0.717) is 0 Å². The molecule has 0 spiro atoms. The molecule has 0 radical (unpaired) electrons. The Balaban J connectivity index is 5.41. The SMILES string of the molecule is CC(O)C(NC(=O)C(NC(=O)C(CC(=O)O)NC(=O)C(N)CCC(=O)O)C(C)O)C(=O)O. The highest BCUT2D eigenvalue weighted by molar-refractivity contribution is 5.96. The number of aliphatic carboxylic acids is 3. The summed E-state index contributed by atoms with van der Waals surface area (Å²) in [5.41, 5.74) is 5.52. The van der Waals surface area contributed by atoms with Crippen LogP contribution in [0, 0.1) is 0 Å². The third-order valence-electron chi connectivity index (χ3n) is 4.13. The Morgan fingerprint density at radius 1 is 0.750 bits per heavy atom. The van der Waals surface area contributed by atoms with Crippen molar-refractivity contribution >= 4 is 35.6 Å². The maximum absolute atomic E-state index is 12.5. The van der Waals surface area contributed by atoms with Crippen LogP contribution in [0.4, 0.5) is 0 Å². The Labute approximate surface area is 182 Å². The number of carbonyl (C=O) groups excluding carboxylic acids is 3. The number of nitrogens with two attached hydrogens (primary N) is 1. The van der Waals surface area contributed by atoms with E-state index in [4.69, 9.17) is 21.1 Å². The van der Waals surface area contributed by atoms with Gasteiger partial charge in [-0.1, -0.05) is 0 Å². The van der Waals surface area contributed by atoms with E-state index in [1.165, 1.54) is 0 Å². The fourth-order valence-corrected chi connectivity index (χ4v) is 2.36. The lowest BCUT2D eigenvalue weighted by molar-refractivity contribution is -0.146. The van der Waals surface area contributed by atoms with Crippen LogP contribution in [-0.4, -0.2) is 97.5 Å². The molecule has 0 rings (SSSR count). The van der Waals surface area contributed by atoms with Crippen LogP contribution in [-0.2, 0) is 28.8 Å². The van der Waals surface area contributed by atoms with Crippen molar-refractivity contribution in [1.29, 1.82) is 0 Å². The third kappa shape index (κ3) is 10.1. The third-order valence-corrected chi connectivity index (χ3v) is 4.13. The Bertz CT molecular complexity index is 725. The summed E-state index contributed by atoms with van der Waals surface area (Å²) in [5, 5.41) is 51.9. The van der Waals surface area contributed by atoms with Crippen LogP contribution >= 0.6 is 0 Å². The maximum atomic E-state index is 12.5. The van der Waals surface area contributed by atoms with Gasteiger partial charge in [-0.2, -0.15) is 0 Å². The lowest BCUT2D eigenvalue weighted by Crippen LogP contribution is -2.61. The molecule has 10 N–H and O–H groups in total. The Kier molecular flexibility index (Phi) is 11.8. The van der Waals surface area contributed by atoms with Crippen molar-refractivity contribution in [3.8, 4) is 0 Å². The quantitative estimate of drug-likeness (QED) is 0.119. The van der Waals surface area contributed by atoms with Crippen molar-refractivity contribution in [2.45, 2.75) is 69.5 Å². The summed E-state index contributed by atoms with van der Waals surface area (Å²) in [6, 6.07) is -6.65. The molecule has 6 atom stereocenters. The van der Waals surface area contributed by atoms with Gasteiger partial charge in [-0.25, -0.2) is 4.79 Å². The van der Waals surface area contributed by atoms with Crippen LogP contribution in [0.15, 0.2) is 0 Å². The zero-order valence-corrected chi connectivity index (χ0v) is 17.3. The molecule has 3 amide bonds. The number of carbonyl (C=O) groups is 6. The number of carboxylic acids is 3. The molecule has 0 aromatic carbocycles. The fraction of sp³-hybridized carbons (Fsp3) is 0.647. The summed E-state index contributed by atoms with van der Waals surface area (Å²) in [6.07, 6.45) is -4.79. The first kappa shape index (κ1) is 28.7. The van der Waals surface area contributed by atoms with E-state index in [0.717, 1.165) is 13.8 Å². The number of hydrogen-bond donors (Lipinski definition) is 9. The highest BCUT2D eigenvalue weighted by Gasteiger charge is 2.34. The molecule has 0 bridgehead atoms. The molecular weight excluding hydrogens is 436 g/mol. The highest BCUT2D eigenvalue weighted by Crippen LogP contribution is 2.03. The molecule has 15 nitrogen and oxygen atoms in total. The first-order valence-electron chi connectivity index (χ1n) is 9.36. The van der Waals surface area contributed by atoms with Crippen LogP contribution < -0.4 is 21.7 Å². The molecule has 0 saturated carbocycles. The van der Waals surface area contributed by atoms with Crippen LogP contribution in [0.2, 0.25) is 0 Å². The van der Waals surface area contributed by atoms with E-state index in [2.05, 4.69) is 0 Å². The minimum atomic E-state index is -1.77. The monoisotopic (exact) mass is 464 g/mol. The van der Waals surface area contributed by atoms with Gasteiger partial charge in [0.05, 0.1) is 24.7 Å². The number of hydrogen-bond acceptors (Lipinski definition) is 9. The fourth-order valence-electron chi connectivity index (χ4n) is 2.36. The summed E-state index contributed by atoms with van der Waals surface area (Å²) in [6.45, 7) is 2.16. The zero-order valence-electron chi connectivity index (χ0n) is 17.3. The maximum Gasteiger partial charge on any atom is 0.328 e. The second kappa shape index (κ2) is 13.2. The first-order chi connectivity index (χ1) is 14.7. The van der Waals surface area contributed by atoms with Gasteiger partial charge in [0.1, 0.15) is 12.1 Å². The number of aliphatic hydroxyl groups excluding tert-OH is 2. The molecule has 182 valence electrons. The van der Waals surface area contributed by atoms with E-state index in [-0.39, 0.29) is 6.42 Å². The summed E-state index contributed by atoms with van der Waals surface area (Å²) in [4.78, 5) is 69.6. The zero-order chi connectivity index (χ0) is 25.2. The van der Waals surface area contributed by atoms with E-state index in [1.807, 2.05) is 16.0 Å². The Hall–Kier alpha value is -3.30. The van der Waals surface area contributed by atoms with E-state index in [9.17, 15) is 39.0 Å². The number of carboxylic acid groups (broad SMARTS) is 3. The predicted molar refractivity (Wildman–Crippen MR) is 104 cm³/mol. The molecule has 0 fully saturated rings. The van der Waals surface area contributed by atoms with Gasteiger partial charge in [0.2, 0.25) is 17.7 Å². The summed E-state index contributed by atoms with van der Waals surface area (Å²) in [7, 11) is 0. The van der Waals surface area contributed by atoms with Crippen LogP contribution in [0.3, 0.4) is 0 Å². The minimum Gasteiger partial charge on any atom is -0.481 e. The van der Waals surface area contributed by atoms with Gasteiger partial charge in [0, 0.05) is 6.42 Å². The van der Waals surface area contributed by atoms with E-state index in [1.54, 1.807) is 0 Å². The lowest BCUT2D eigenvalue weighted by Gasteiger charge is -2.26. The Morgan fingerprint density at radius 3 is 1.66 bits per heavy atom. The largest absolute Gasteiger partial charge is 0.481 e. The molecule has 0 aromatic heterocycles. The molecule has 32 heavy (non-hydrogen) atoms. The predicted octanol–water partition coefficient (Wildman–Crippen LogP) is -4.05. The first-order valence-corrected chi connectivity index (χ1v) is 9.36. The highest BCUT2D eigenvalue weighted by atomic mass is 16.4. The van der Waals surface area contributed by atoms with Gasteiger partial charge < -0.3 is 47.2 Å². The summed E-state index contributed by atoms with van der Waals surface area (Å²) >= 11 is 0. The van der Waals surface area contributed by atoms with Crippen LogP contribution in [0.5, 0.6) is 0 Å². The van der Waals surface area contributed by atoms with Gasteiger partial charge in [0.25, 0.3) is 0 Å². The topological polar surface area (TPSA) is 266 Å². The van der Waals surface area contributed by atoms with Crippen LogP contribution in [0.1, 0.15) is 33.1 Å². The smallest absolute Gasteiger partial charge is 0.328 e. The van der Waals surface area contributed by atoms with Crippen molar-refractivity contribution in [2.75, 3.05) is 0 Å². The normalized spacial score (nSPS) is 16.4. The molecule has 6 unspecified atom stereocenters. The van der Waals surface area contributed by atoms with Gasteiger partial charge >= 0.3 is 17.9 Å². The molecular formula is C17H28N4O11. The van der Waals surface area contributed by atoms with Crippen molar-refractivity contribution in [2.24, 2.45) is 5.73 Å². The standard InChI is InChI=1S/C17H28N4O11/c1-6(22)12(16(30)21-13(7(2)23)17(31)32)20-15(29)9(5-11(26)27)19-14(28)8(18)3-4-10(24)25/h6-9,12-13,22-23H,3-5,18H2,1-2H3,(H,19,28)(H,20,29)(H,21,30)(H,24,25)(H,26,27)(H,31,32). The van der Waals surface area contributed by atoms with Crippen molar-refractivity contribution < 1.29 is 54.3 Å². The molecule has 0 aromatic rings. The average molecular weight is 464 g/mol. The van der Waals surface area contributed by atoms with Gasteiger partial charge in [0.15, 0.2) is 6.04 Å². The molecule has 15 heteroatoms. The molecule has 0 heterocycles. The average Bonchev–Trinajstić information content (AvgIpc) is 2.65. The van der Waals surface area contributed by atoms with E-state index >= 15 is 0 Å². The van der Waals surface area contributed by atoms with Crippen molar-refractivity contribution in [3.05, 3.63) is 0 Å². The Morgan fingerprint density at radius 2 is 1.25 bits per heavy atom. The minimum absolute atomic E-state index is 0.294. The summed E-state index contributed by atoms with van der Waals surface area (Å²) in [5.74, 6) is -7.75. The summed E-state index contributed by atoms with van der Waals surface area (Å²) < 4.78 is 0. The van der Waals surface area contributed by atoms with Crippen molar-refractivity contribution in [1.82, 2.24) is 16.0 Å². The van der Waals surface area contributed by atoms with Crippen LogP contribution in [0.25, 0.3) is 0 Å². The second-order valence-corrected chi connectivity index (χ2v) is 6.99. The van der Waals surface area contributed by atoms with E-state index < -0.39 is 84.8 Å². The second-order valence-electron chi connectivity index (χ2n) is 6.99.